The van der Waals surface area contributed by atoms with Crippen molar-refractivity contribution in [2.45, 2.75) is 13.8 Å². The van der Waals surface area contributed by atoms with E-state index in [0.717, 1.165) is 0 Å². The summed E-state index contributed by atoms with van der Waals surface area (Å²) >= 11 is 0. The number of carbonyl (C=O) groups excluding carboxylic acids is 2. The first kappa shape index (κ1) is 23.5. The fourth-order valence-electron chi connectivity index (χ4n) is 2.50. The van der Waals surface area contributed by atoms with Gasteiger partial charge in [-0.1, -0.05) is 0 Å². The monoisotopic (exact) mass is 430 g/mol. The van der Waals surface area contributed by atoms with Crippen molar-refractivity contribution in [3.05, 3.63) is 47.5 Å². The molecule has 0 aromatic heterocycles. The third-order valence-corrected chi connectivity index (χ3v) is 3.91. The number of benzene rings is 2. The van der Waals surface area contributed by atoms with Crippen LogP contribution in [0.3, 0.4) is 0 Å². The van der Waals surface area contributed by atoms with Gasteiger partial charge in [-0.15, -0.1) is 0 Å². The number of carbonyl (C=O) groups is 2. The molecule has 9 heteroatoms. The van der Waals surface area contributed by atoms with Gasteiger partial charge in [-0.05, 0) is 49.7 Å². The van der Waals surface area contributed by atoms with E-state index in [9.17, 15) is 9.59 Å². The number of ether oxygens (including phenoxy) is 5. The number of rotatable bonds is 11. The van der Waals surface area contributed by atoms with Crippen molar-refractivity contribution in [3.63, 3.8) is 0 Å². The molecule has 0 saturated carbocycles. The lowest BCUT2D eigenvalue weighted by molar-refractivity contribution is -0.145. The third-order valence-electron chi connectivity index (χ3n) is 3.91. The summed E-state index contributed by atoms with van der Waals surface area (Å²) in [6, 6.07) is 9.88. The van der Waals surface area contributed by atoms with Crippen LogP contribution in [0.1, 0.15) is 29.8 Å². The van der Waals surface area contributed by atoms with Crippen molar-refractivity contribution in [1.82, 2.24) is 5.43 Å². The summed E-state index contributed by atoms with van der Waals surface area (Å²) in [5, 5.41) is 3.98. The SMILES string of the molecule is CCOC(=O)COc1ccc(/C=N\NC(=O)c2cc(OC)cc(OC)c2)cc1OCC. The molecule has 0 aliphatic heterocycles. The van der Waals surface area contributed by atoms with Crippen LogP contribution in [-0.4, -0.2) is 52.1 Å². The Morgan fingerprint density at radius 3 is 2.26 bits per heavy atom. The molecular formula is C22H26N2O7. The van der Waals surface area contributed by atoms with Gasteiger partial charge in [0.15, 0.2) is 18.1 Å². The predicted octanol–water partition coefficient (Wildman–Crippen LogP) is 2.81. The Morgan fingerprint density at radius 2 is 1.65 bits per heavy atom. The van der Waals surface area contributed by atoms with Gasteiger partial charge in [0.25, 0.3) is 5.91 Å². The van der Waals surface area contributed by atoms with Gasteiger partial charge in [0, 0.05) is 11.6 Å². The molecule has 0 saturated heterocycles. The third kappa shape index (κ3) is 7.22. The number of hydrogen-bond acceptors (Lipinski definition) is 8. The molecule has 0 radical (unpaired) electrons. The second-order valence-electron chi connectivity index (χ2n) is 6.03. The van der Waals surface area contributed by atoms with Crippen LogP contribution in [0, 0.1) is 0 Å². The molecule has 0 heterocycles. The van der Waals surface area contributed by atoms with E-state index >= 15 is 0 Å². The van der Waals surface area contributed by atoms with Gasteiger partial charge < -0.3 is 23.7 Å². The Balaban J connectivity index is 2.07. The van der Waals surface area contributed by atoms with Gasteiger partial charge in [0.2, 0.25) is 0 Å². The van der Waals surface area contributed by atoms with E-state index in [1.807, 2.05) is 6.92 Å². The summed E-state index contributed by atoms with van der Waals surface area (Å²) in [5.41, 5.74) is 3.46. The van der Waals surface area contributed by atoms with Crippen molar-refractivity contribution < 1.29 is 33.3 Å². The van der Waals surface area contributed by atoms with E-state index in [2.05, 4.69) is 10.5 Å². The molecule has 0 bridgehead atoms. The number of nitrogens with one attached hydrogen (secondary N) is 1. The lowest BCUT2D eigenvalue weighted by Crippen LogP contribution is -2.17. The summed E-state index contributed by atoms with van der Waals surface area (Å²) in [5.74, 6) is 0.945. The maximum absolute atomic E-state index is 12.4. The molecule has 1 amide bonds. The number of hydrazone groups is 1. The largest absolute Gasteiger partial charge is 0.497 e. The fourth-order valence-corrected chi connectivity index (χ4v) is 2.50. The summed E-state index contributed by atoms with van der Waals surface area (Å²) in [6.07, 6.45) is 1.47. The Bertz CT molecular complexity index is 906. The molecule has 1 N–H and O–H groups in total. The molecular weight excluding hydrogens is 404 g/mol. The Kier molecular flexibility index (Phi) is 9.15. The van der Waals surface area contributed by atoms with Gasteiger partial charge in [0.1, 0.15) is 11.5 Å². The summed E-state index contributed by atoms with van der Waals surface area (Å²) in [4.78, 5) is 23.9. The molecule has 0 aliphatic carbocycles. The second-order valence-corrected chi connectivity index (χ2v) is 6.03. The molecule has 31 heavy (non-hydrogen) atoms. The van der Waals surface area contributed by atoms with Gasteiger partial charge in [0.05, 0.1) is 33.6 Å². The van der Waals surface area contributed by atoms with Crippen LogP contribution in [0.15, 0.2) is 41.5 Å². The average Bonchev–Trinajstić information content (AvgIpc) is 2.78. The zero-order chi connectivity index (χ0) is 22.6. The van der Waals surface area contributed by atoms with E-state index in [4.69, 9.17) is 23.7 Å². The number of methoxy groups -OCH3 is 2. The van der Waals surface area contributed by atoms with E-state index < -0.39 is 11.9 Å². The van der Waals surface area contributed by atoms with Gasteiger partial charge >= 0.3 is 5.97 Å². The molecule has 0 spiro atoms. The second kappa shape index (κ2) is 12.1. The number of amides is 1. The minimum Gasteiger partial charge on any atom is -0.497 e. The van der Waals surface area contributed by atoms with Crippen molar-refractivity contribution in [2.75, 3.05) is 34.0 Å². The van der Waals surface area contributed by atoms with Crippen LogP contribution < -0.4 is 24.4 Å². The minimum atomic E-state index is -0.465. The molecule has 0 fully saturated rings. The number of esters is 1. The van der Waals surface area contributed by atoms with E-state index in [1.54, 1.807) is 43.3 Å². The molecule has 9 nitrogen and oxygen atoms in total. The topological polar surface area (TPSA) is 105 Å². The van der Waals surface area contributed by atoms with Crippen molar-refractivity contribution >= 4 is 18.1 Å². The molecule has 0 aliphatic rings. The lowest BCUT2D eigenvalue weighted by atomic mass is 10.2. The molecule has 166 valence electrons. The van der Waals surface area contributed by atoms with Crippen LogP contribution in [0.4, 0.5) is 0 Å². The summed E-state index contributed by atoms with van der Waals surface area (Å²) in [6.45, 7) is 4.02. The highest BCUT2D eigenvalue weighted by Gasteiger charge is 2.11. The fraction of sp³-hybridized carbons (Fsp3) is 0.318. The van der Waals surface area contributed by atoms with Crippen molar-refractivity contribution in [3.8, 4) is 23.0 Å². The first-order valence-electron chi connectivity index (χ1n) is 9.62. The zero-order valence-corrected chi connectivity index (χ0v) is 18.0. The van der Waals surface area contributed by atoms with Crippen LogP contribution in [-0.2, 0) is 9.53 Å². The Labute approximate surface area is 180 Å². The maximum atomic E-state index is 12.4. The van der Waals surface area contributed by atoms with Crippen LogP contribution in [0.25, 0.3) is 0 Å². The van der Waals surface area contributed by atoms with Gasteiger partial charge in [-0.3, -0.25) is 4.79 Å². The summed E-state index contributed by atoms with van der Waals surface area (Å²) < 4.78 is 26.2. The van der Waals surface area contributed by atoms with E-state index in [1.165, 1.54) is 20.4 Å². The highest BCUT2D eigenvalue weighted by Crippen LogP contribution is 2.28. The van der Waals surface area contributed by atoms with Crippen molar-refractivity contribution in [1.29, 1.82) is 0 Å². The van der Waals surface area contributed by atoms with E-state index in [-0.39, 0.29) is 13.2 Å². The van der Waals surface area contributed by atoms with Crippen molar-refractivity contribution in [2.24, 2.45) is 5.10 Å². The number of hydrogen-bond donors (Lipinski definition) is 1. The molecule has 2 rings (SSSR count). The van der Waals surface area contributed by atoms with Gasteiger partial charge in [-0.25, -0.2) is 10.2 Å². The maximum Gasteiger partial charge on any atom is 0.344 e. The standard InChI is InChI=1S/C22H26N2O7/c1-5-29-20-9-15(7-8-19(20)31-14-21(25)30-6-2)13-23-24-22(26)16-10-17(27-3)12-18(11-16)28-4/h7-13H,5-6,14H2,1-4H3,(H,24,26)/b23-13-. The smallest absolute Gasteiger partial charge is 0.344 e. The van der Waals surface area contributed by atoms with Crippen LogP contribution in [0.2, 0.25) is 0 Å². The zero-order valence-electron chi connectivity index (χ0n) is 18.0. The normalized spacial score (nSPS) is 10.5. The molecule has 2 aromatic rings. The van der Waals surface area contributed by atoms with Crippen LogP contribution in [0.5, 0.6) is 23.0 Å². The Hall–Kier alpha value is -3.75. The van der Waals surface area contributed by atoms with E-state index in [0.29, 0.717) is 40.7 Å². The van der Waals surface area contributed by atoms with Crippen LogP contribution >= 0.6 is 0 Å². The highest BCUT2D eigenvalue weighted by atomic mass is 16.6. The average molecular weight is 430 g/mol. The first-order chi connectivity index (χ1) is 15.0. The van der Waals surface area contributed by atoms with Gasteiger partial charge in [-0.2, -0.15) is 5.10 Å². The Morgan fingerprint density at radius 1 is 0.935 bits per heavy atom. The lowest BCUT2D eigenvalue weighted by Gasteiger charge is -2.12. The molecule has 0 unspecified atom stereocenters. The minimum absolute atomic E-state index is 0.221. The summed E-state index contributed by atoms with van der Waals surface area (Å²) in [7, 11) is 3.01. The highest BCUT2D eigenvalue weighted by molar-refractivity contribution is 5.95. The number of nitrogens with zero attached hydrogens (tertiary/aromatic N) is 1. The molecule has 0 atom stereocenters. The predicted molar refractivity (Wildman–Crippen MR) is 114 cm³/mol. The molecule has 2 aromatic carbocycles. The first-order valence-corrected chi connectivity index (χ1v) is 9.62. The quantitative estimate of drug-likeness (QED) is 0.332.